The summed E-state index contributed by atoms with van der Waals surface area (Å²) in [6.45, 7) is 4.66. The first-order valence-electron chi connectivity index (χ1n) is 10.0. The molecule has 1 aromatic heterocycles. The van der Waals surface area contributed by atoms with Gasteiger partial charge in [-0.25, -0.2) is 17.6 Å². The third-order valence-corrected chi connectivity index (χ3v) is 5.43. The zero-order valence-electron chi connectivity index (χ0n) is 18.6. The molecule has 13 heteroatoms. The number of nitro benzene ring substituents is 1. The third kappa shape index (κ3) is 5.88. The fourth-order valence-electron chi connectivity index (χ4n) is 3.33. The quantitative estimate of drug-likeness (QED) is 0.205. The van der Waals surface area contributed by atoms with E-state index in [4.69, 9.17) is 16.3 Å². The highest BCUT2D eigenvalue weighted by atomic mass is 35.5. The molecule has 35 heavy (non-hydrogen) atoms. The Morgan fingerprint density at radius 3 is 2.43 bits per heavy atom. The fraction of sp³-hybridized carbons (Fsp3) is 0.273. The van der Waals surface area contributed by atoms with Gasteiger partial charge in [0.15, 0.2) is 0 Å². The van der Waals surface area contributed by atoms with E-state index in [1.54, 1.807) is 6.07 Å². The number of rotatable bonds is 8. The lowest BCUT2D eigenvalue weighted by atomic mass is 10.1. The smallest absolute Gasteiger partial charge is 0.283 e. The van der Waals surface area contributed by atoms with Crippen molar-refractivity contribution in [1.29, 1.82) is 0 Å². The average molecular weight is 515 g/mol. The van der Waals surface area contributed by atoms with Crippen LogP contribution in [0.2, 0.25) is 5.02 Å². The lowest BCUT2D eigenvalue weighted by Crippen LogP contribution is -2.21. The Labute approximate surface area is 201 Å². The first-order chi connectivity index (χ1) is 16.4. The van der Waals surface area contributed by atoms with Crippen LogP contribution in [0.3, 0.4) is 0 Å². The molecule has 0 aliphatic heterocycles. The van der Waals surface area contributed by atoms with Crippen LogP contribution < -0.4 is 10.1 Å². The molecule has 0 spiro atoms. The summed E-state index contributed by atoms with van der Waals surface area (Å²) in [5.41, 5.74) is 0.0443. The Bertz CT molecular complexity index is 1300. The molecule has 0 saturated carbocycles. The molecule has 0 unspecified atom stereocenters. The minimum absolute atomic E-state index is 0.0398. The fourth-order valence-corrected chi connectivity index (χ4v) is 3.63. The zero-order chi connectivity index (χ0) is 26.0. The molecular weight excluding hydrogens is 496 g/mol. The molecule has 3 rings (SSSR count). The van der Waals surface area contributed by atoms with E-state index in [0.717, 1.165) is 28.8 Å². The van der Waals surface area contributed by atoms with Crippen LogP contribution in [-0.4, -0.2) is 20.6 Å². The van der Waals surface area contributed by atoms with Gasteiger partial charge in [-0.05, 0) is 43.5 Å². The van der Waals surface area contributed by atoms with Crippen LogP contribution in [0.5, 0.6) is 11.5 Å². The van der Waals surface area contributed by atoms with Crippen molar-refractivity contribution in [3.63, 3.8) is 0 Å². The summed E-state index contributed by atoms with van der Waals surface area (Å²) < 4.78 is 58.9. The molecule has 1 N–H and O–H groups in total. The average Bonchev–Trinajstić information content (AvgIpc) is 3.07. The van der Waals surface area contributed by atoms with Crippen LogP contribution in [0, 0.1) is 30.9 Å². The number of alkyl halides is 4. The van der Waals surface area contributed by atoms with Crippen molar-refractivity contribution >= 4 is 28.9 Å². The Balaban J connectivity index is 1.90. The number of hydrogen-bond donors (Lipinski definition) is 1. The monoisotopic (exact) mass is 514 g/mol. The van der Waals surface area contributed by atoms with Gasteiger partial charge in [0, 0.05) is 12.1 Å². The normalized spacial score (nSPS) is 11.3. The molecule has 0 saturated heterocycles. The molecule has 0 bridgehead atoms. The maximum atomic E-state index is 13.3. The van der Waals surface area contributed by atoms with Gasteiger partial charge in [-0.1, -0.05) is 17.7 Å². The molecule has 0 aliphatic rings. The number of hydrogen-bond acceptors (Lipinski definition) is 5. The summed E-state index contributed by atoms with van der Waals surface area (Å²) >= 11 is 5.58. The number of nitrogens with zero attached hydrogens (tertiary/aromatic N) is 3. The van der Waals surface area contributed by atoms with Crippen LogP contribution in [0.25, 0.3) is 0 Å². The molecule has 0 fully saturated rings. The summed E-state index contributed by atoms with van der Waals surface area (Å²) in [6, 6.07) is 7.18. The number of halogens is 5. The molecule has 1 amide bonds. The van der Waals surface area contributed by atoms with Crippen molar-refractivity contribution in [2.45, 2.75) is 40.2 Å². The molecule has 3 aromatic rings. The van der Waals surface area contributed by atoms with Crippen LogP contribution >= 0.6 is 11.6 Å². The lowest BCUT2D eigenvalue weighted by Gasteiger charge is -2.13. The second-order valence-electron chi connectivity index (χ2n) is 7.67. The van der Waals surface area contributed by atoms with Crippen molar-refractivity contribution in [2.24, 2.45) is 0 Å². The van der Waals surface area contributed by atoms with E-state index >= 15 is 0 Å². The summed E-state index contributed by atoms with van der Waals surface area (Å²) in [4.78, 5) is 23.2. The van der Waals surface area contributed by atoms with Gasteiger partial charge in [-0.15, -0.1) is 0 Å². The van der Waals surface area contributed by atoms with Crippen LogP contribution in [0.1, 0.15) is 40.9 Å². The van der Waals surface area contributed by atoms with Crippen LogP contribution in [0.4, 0.5) is 28.9 Å². The van der Waals surface area contributed by atoms with Crippen LogP contribution in [-0.2, 0) is 11.3 Å². The van der Waals surface area contributed by atoms with Crippen molar-refractivity contribution in [2.75, 3.05) is 5.32 Å². The van der Waals surface area contributed by atoms with Gasteiger partial charge in [-0.3, -0.25) is 19.6 Å². The largest absolute Gasteiger partial charge is 0.457 e. The number of ether oxygens (including phenoxy) is 1. The van der Waals surface area contributed by atoms with Gasteiger partial charge in [-0.2, -0.15) is 5.10 Å². The van der Waals surface area contributed by atoms with Crippen molar-refractivity contribution in [3.8, 4) is 11.5 Å². The highest BCUT2D eigenvalue weighted by Crippen LogP contribution is 2.35. The van der Waals surface area contributed by atoms with Crippen LogP contribution in [0.15, 0.2) is 30.3 Å². The molecule has 2 aromatic carbocycles. The van der Waals surface area contributed by atoms with Crippen molar-refractivity contribution < 1.29 is 32.0 Å². The lowest BCUT2D eigenvalue weighted by molar-refractivity contribution is -0.384. The summed E-state index contributed by atoms with van der Waals surface area (Å²) in [5, 5.41) is 16.1. The van der Waals surface area contributed by atoms with E-state index < -0.39 is 52.3 Å². The Hall–Kier alpha value is -3.67. The third-order valence-electron chi connectivity index (χ3n) is 5.04. The Kier molecular flexibility index (Phi) is 7.64. The van der Waals surface area contributed by atoms with E-state index in [1.807, 2.05) is 26.8 Å². The number of non-ortho nitro benzene ring substituents is 1. The van der Waals surface area contributed by atoms with Crippen molar-refractivity contribution in [3.05, 3.63) is 73.5 Å². The van der Waals surface area contributed by atoms with Gasteiger partial charge in [0.25, 0.3) is 18.5 Å². The number of benzene rings is 2. The zero-order valence-corrected chi connectivity index (χ0v) is 19.4. The number of nitro groups is 1. The first-order valence-corrected chi connectivity index (χ1v) is 10.4. The SMILES string of the molecule is Cc1cc(C)c(C)c(Oc2cc(NC(=O)Cn3nc(C(F)F)c(Cl)c3C(F)F)cc([N+](=O)[O-])c2)c1. The maximum absolute atomic E-state index is 13.3. The van der Waals surface area contributed by atoms with E-state index in [9.17, 15) is 32.5 Å². The summed E-state index contributed by atoms with van der Waals surface area (Å²) in [7, 11) is 0. The summed E-state index contributed by atoms with van der Waals surface area (Å²) in [6.07, 6.45) is -6.50. The minimum Gasteiger partial charge on any atom is -0.457 e. The minimum atomic E-state index is -3.27. The molecular formula is C22H19ClF4N4O4. The number of aryl methyl sites for hydroxylation is 2. The highest BCUT2D eigenvalue weighted by molar-refractivity contribution is 6.32. The topological polar surface area (TPSA) is 99.3 Å². The maximum Gasteiger partial charge on any atom is 0.283 e. The predicted octanol–water partition coefficient (Wildman–Crippen LogP) is 6.68. The van der Waals surface area contributed by atoms with Gasteiger partial charge in [0.1, 0.15) is 29.4 Å². The summed E-state index contributed by atoms with van der Waals surface area (Å²) in [5.74, 6) is -0.466. The number of aromatic nitrogens is 2. The first kappa shape index (κ1) is 25.9. The number of amides is 1. The van der Waals surface area contributed by atoms with Gasteiger partial charge in [0.2, 0.25) is 5.91 Å². The predicted molar refractivity (Wildman–Crippen MR) is 120 cm³/mol. The molecule has 186 valence electrons. The number of nitrogens with one attached hydrogen (secondary N) is 1. The second kappa shape index (κ2) is 10.3. The second-order valence-corrected chi connectivity index (χ2v) is 8.05. The standard InChI is InChI=1S/C22H19ClF4N4O4/c1-10-4-11(2)12(3)16(5-10)35-15-7-13(6-14(8-15)31(33)34)28-17(32)9-30-20(22(26)27)18(23)19(29-30)21(24)25/h4-8,21-22H,9H2,1-3H3,(H,28,32). The van der Waals surface area contributed by atoms with E-state index in [-0.39, 0.29) is 11.4 Å². The number of carbonyl (C=O) groups excluding carboxylic acids is 1. The van der Waals surface area contributed by atoms with E-state index in [1.165, 1.54) is 6.07 Å². The number of carbonyl (C=O) groups is 1. The van der Waals surface area contributed by atoms with Gasteiger partial charge in [0.05, 0.1) is 21.7 Å². The van der Waals surface area contributed by atoms with E-state index in [0.29, 0.717) is 10.4 Å². The molecule has 8 nitrogen and oxygen atoms in total. The number of anilines is 1. The molecule has 0 radical (unpaired) electrons. The van der Waals surface area contributed by atoms with Crippen molar-refractivity contribution in [1.82, 2.24) is 9.78 Å². The highest BCUT2D eigenvalue weighted by Gasteiger charge is 2.28. The van der Waals surface area contributed by atoms with Gasteiger partial charge >= 0.3 is 0 Å². The van der Waals surface area contributed by atoms with Gasteiger partial charge < -0.3 is 10.1 Å². The Morgan fingerprint density at radius 1 is 1.14 bits per heavy atom. The molecule has 0 atom stereocenters. The molecule has 0 aliphatic carbocycles. The molecule has 1 heterocycles. The Morgan fingerprint density at radius 2 is 1.83 bits per heavy atom. The van der Waals surface area contributed by atoms with E-state index in [2.05, 4.69) is 10.4 Å².